The lowest BCUT2D eigenvalue weighted by atomic mass is 10.2. The van der Waals surface area contributed by atoms with Gasteiger partial charge >= 0.3 is 0 Å². The van der Waals surface area contributed by atoms with Gasteiger partial charge in [-0.1, -0.05) is 6.07 Å². The van der Waals surface area contributed by atoms with Crippen molar-refractivity contribution in [3.05, 3.63) is 30.5 Å². The van der Waals surface area contributed by atoms with Crippen molar-refractivity contribution in [2.75, 3.05) is 17.9 Å². The second-order valence-corrected chi connectivity index (χ2v) is 6.05. The van der Waals surface area contributed by atoms with Crippen LogP contribution < -0.4 is 14.2 Å². The van der Waals surface area contributed by atoms with Gasteiger partial charge in [0.1, 0.15) is 13.2 Å². The first-order valence-corrected chi connectivity index (χ1v) is 8.03. The summed E-state index contributed by atoms with van der Waals surface area (Å²) in [5.74, 6) is 0.945. The summed E-state index contributed by atoms with van der Waals surface area (Å²) in [7, 11) is -3.73. The molecule has 1 N–H and O–H groups in total. The molecular weight excluding hydrogens is 294 g/mol. The first kappa shape index (κ1) is 13.7. The molecule has 2 heterocycles. The van der Waals surface area contributed by atoms with Gasteiger partial charge in [0.15, 0.2) is 16.5 Å². The van der Waals surface area contributed by atoms with Gasteiger partial charge in [0, 0.05) is 6.54 Å². The summed E-state index contributed by atoms with van der Waals surface area (Å²) < 4.78 is 39.8. The monoisotopic (exact) mass is 309 g/mol. The van der Waals surface area contributed by atoms with Crippen molar-refractivity contribution in [1.29, 1.82) is 0 Å². The molecule has 1 aromatic heterocycles. The SMILES string of the molecule is CCn1nccc1S(=O)(=O)Nc1cccc2c1OCCO2. The summed E-state index contributed by atoms with van der Waals surface area (Å²) in [6.07, 6.45) is 1.46. The van der Waals surface area contributed by atoms with Crippen molar-refractivity contribution in [3.63, 3.8) is 0 Å². The van der Waals surface area contributed by atoms with Crippen LogP contribution in [0.1, 0.15) is 6.92 Å². The molecule has 7 nitrogen and oxygen atoms in total. The largest absolute Gasteiger partial charge is 0.486 e. The molecular formula is C13H15N3O4S. The molecule has 0 aliphatic carbocycles. The van der Waals surface area contributed by atoms with Crippen LogP contribution in [0.4, 0.5) is 5.69 Å². The summed E-state index contributed by atoms with van der Waals surface area (Å²) >= 11 is 0. The average Bonchev–Trinajstić information content (AvgIpc) is 2.97. The van der Waals surface area contributed by atoms with E-state index >= 15 is 0 Å². The Bertz CT molecular complexity index is 755. The number of hydrogen-bond donors (Lipinski definition) is 1. The van der Waals surface area contributed by atoms with Crippen LogP contribution in [-0.4, -0.2) is 31.4 Å². The van der Waals surface area contributed by atoms with E-state index in [1.165, 1.54) is 16.9 Å². The van der Waals surface area contributed by atoms with Crippen LogP contribution >= 0.6 is 0 Å². The predicted molar refractivity (Wildman–Crippen MR) is 76.1 cm³/mol. The third-order valence-corrected chi connectivity index (χ3v) is 4.45. The van der Waals surface area contributed by atoms with Crippen LogP contribution in [0.2, 0.25) is 0 Å². The molecule has 3 rings (SSSR count). The fourth-order valence-corrected chi connectivity index (χ4v) is 3.39. The minimum atomic E-state index is -3.73. The van der Waals surface area contributed by atoms with E-state index in [-0.39, 0.29) is 5.03 Å². The highest BCUT2D eigenvalue weighted by molar-refractivity contribution is 7.92. The Hall–Kier alpha value is -2.22. The molecule has 1 aromatic carbocycles. The zero-order chi connectivity index (χ0) is 14.9. The Morgan fingerprint density at radius 3 is 2.90 bits per heavy atom. The molecule has 0 saturated heterocycles. The molecule has 1 aliphatic rings. The second-order valence-electron chi connectivity index (χ2n) is 4.42. The number of anilines is 1. The van der Waals surface area contributed by atoms with Crippen molar-refractivity contribution in [3.8, 4) is 11.5 Å². The molecule has 112 valence electrons. The molecule has 0 saturated carbocycles. The third-order valence-electron chi connectivity index (χ3n) is 3.06. The Morgan fingerprint density at radius 1 is 1.29 bits per heavy atom. The number of aromatic nitrogens is 2. The molecule has 0 atom stereocenters. The molecule has 0 amide bonds. The number of sulfonamides is 1. The minimum Gasteiger partial charge on any atom is -0.486 e. The number of nitrogens with one attached hydrogen (secondary N) is 1. The standard InChI is InChI=1S/C13H15N3O4S/c1-2-16-12(6-7-14-16)21(17,18)15-10-4-3-5-11-13(10)20-9-8-19-11/h3-7,15H,2,8-9H2,1H3. The van der Waals surface area contributed by atoms with Crippen molar-refractivity contribution >= 4 is 15.7 Å². The van der Waals surface area contributed by atoms with Gasteiger partial charge in [0.2, 0.25) is 0 Å². The van der Waals surface area contributed by atoms with E-state index in [9.17, 15) is 8.42 Å². The number of para-hydroxylation sites is 1. The number of benzene rings is 1. The van der Waals surface area contributed by atoms with Gasteiger partial charge in [-0.25, -0.2) is 0 Å². The number of fused-ring (bicyclic) bond motifs is 1. The van der Waals surface area contributed by atoms with Crippen LogP contribution in [0.3, 0.4) is 0 Å². The molecule has 0 bridgehead atoms. The van der Waals surface area contributed by atoms with Gasteiger partial charge in [-0.15, -0.1) is 0 Å². The third kappa shape index (κ3) is 2.54. The number of ether oxygens (including phenoxy) is 2. The summed E-state index contributed by atoms with van der Waals surface area (Å²) in [5, 5.41) is 4.08. The smallest absolute Gasteiger partial charge is 0.279 e. The summed E-state index contributed by atoms with van der Waals surface area (Å²) in [6.45, 7) is 3.13. The topological polar surface area (TPSA) is 82.5 Å². The highest BCUT2D eigenvalue weighted by atomic mass is 32.2. The lowest BCUT2D eigenvalue weighted by Crippen LogP contribution is -2.20. The van der Waals surface area contributed by atoms with E-state index in [2.05, 4.69) is 9.82 Å². The van der Waals surface area contributed by atoms with Crippen molar-refractivity contribution in [1.82, 2.24) is 9.78 Å². The number of nitrogens with zero attached hydrogens (tertiary/aromatic N) is 2. The summed E-state index contributed by atoms with van der Waals surface area (Å²) in [6, 6.07) is 6.54. The highest BCUT2D eigenvalue weighted by Gasteiger charge is 2.23. The second kappa shape index (κ2) is 5.28. The maximum Gasteiger partial charge on any atom is 0.279 e. The quantitative estimate of drug-likeness (QED) is 0.925. The normalized spacial score (nSPS) is 14.0. The molecule has 1 aliphatic heterocycles. The van der Waals surface area contributed by atoms with E-state index in [1.54, 1.807) is 18.2 Å². The van der Waals surface area contributed by atoms with E-state index in [1.807, 2.05) is 6.92 Å². The fraction of sp³-hybridized carbons (Fsp3) is 0.308. The Kier molecular flexibility index (Phi) is 3.46. The molecule has 0 fully saturated rings. The lowest BCUT2D eigenvalue weighted by Gasteiger charge is -2.21. The van der Waals surface area contributed by atoms with E-state index in [4.69, 9.17) is 9.47 Å². The highest BCUT2D eigenvalue weighted by Crippen LogP contribution is 2.38. The van der Waals surface area contributed by atoms with Gasteiger partial charge in [-0.05, 0) is 25.1 Å². The van der Waals surface area contributed by atoms with Crippen LogP contribution in [0, 0.1) is 0 Å². The van der Waals surface area contributed by atoms with Crippen LogP contribution in [0.5, 0.6) is 11.5 Å². The van der Waals surface area contributed by atoms with E-state index in [0.29, 0.717) is 36.9 Å². The molecule has 0 unspecified atom stereocenters. The number of aryl methyl sites for hydroxylation is 1. The first-order valence-electron chi connectivity index (χ1n) is 6.55. The van der Waals surface area contributed by atoms with Crippen LogP contribution in [0.15, 0.2) is 35.5 Å². The van der Waals surface area contributed by atoms with E-state index in [0.717, 1.165) is 0 Å². The summed E-state index contributed by atoms with van der Waals surface area (Å²) in [4.78, 5) is 0. The molecule has 21 heavy (non-hydrogen) atoms. The van der Waals surface area contributed by atoms with Gasteiger partial charge in [-0.2, -0.15) is 13.5 Å². The fourth-order valence-electron chi connectivity index (χ4n) is 2.14. The molecule has 8 heteroatoms. The molecule has 0 spiro atoms. The number of rotatable bonds is 4. The van der Waals surface area contributed by atoms with Gasteiger partial charge < -0.3 is 9.47 Å². The molecule has 2 aromatic rings. The Morgan fingerprint density at radius 2 is 2.10 bits per heavy atom. The predicted octanol–water partition coefficient (Wildman–Crippen LogP) is 1.48. The van der Waals surface area contributed by atoms with Crippen molar-refractivity contribution in [2.45, 2.75) is 18.5 Å². The van der Waals surface area contributed by atoms with Gasteiger partial charge in [-0.3, -0.25) is 9.40 Å². The molecule has 0 radical (unpaired) electrons. The van der Waals surface area contributed by atoms with Crippen LogP contribution in [-0.2, 0) is 16.6 Å². The van der Waals surface area contributed by atoms with Gasteiger partial charge in [0.25, 0.3) is 10.0 Å². The van der Waals surface area contributed by atoms with E-state index < -0.39 is 10.0 Å². The maximum atomic E-state index is 12.5. The number of hydrogen-bond acceptors (Lipinski definition) is 5. The lowest BCUT2D eigenvalue weighted by molar-refractivity contribution is 0.172. The minimum absolute atomic E-state index is 0.110. The van der Waals surface area contributed by atoms with Crippen LogP contribution in [0.25, 0.3) is 0 Å². The van der Waals surface area contributed by atoms with Crippen molar-refractivity contribution < 1.29 is 17.9 Å². The Labute approximate surface area is 122 Å². The summed E-state index contributed by atoms with van der Waals surface area (Å²) in [5.41, 5.74) is 0.357. The zero-order valence-corrected chi connectivity index (χ0v) is 12.3. The van der Waals surface area contributed by atoms with Crippen molar-refractivity contribution in [2.24, 2.45) is 0 Å². The average molecular weight is 309 g/mol. The maximum absolute atomic E-state index is 12.5. The first-order chi connectivity index (χ1) is 10.1. The Balaban J connectivity index is 1.97. The zero-order valence-electron chi connectivity index (χ0n) is 11.4. The van der Waals surface area contributed by atoms with Gasteiger partial charge in [0.05, 0.1) is 11.9 Å².